The van der Waals surface area contributed by atoms with Gasteiger partial charge in [0.2, 0.25) is 0 Å². The second-order valence-electron chi connectivity index (χ2n) is 4.60. The van der Waals surface area contributed by atoms with Crippen LogP contribution in [0.4, 0.5) is 5.69 Å². The van der Waals surface area contributed by atoms with Crippen molar-refractivity contribution in [3.05, 3.63) is 61.1 Å². The van der Waals surface area contributed by atoms with Crippen LogP contribution in [0.5, 0.6) is 0 Å². The van der Waals surface area contributed by atoms with Crippen LogP contribution < -0.4 is 4.90 Å². The number of amides is 1. The number of carbonyl (C=O) groups excluding carboxylic acids is 1. The van der Waals surface area contributed by atoms with E-state index < -0.39 is 0 Å². The van der Waals surface area contributed by atoms with Crippen LogP contribution in [0.3, 0.4) is 0 Å². The number of aromatic nitrogens is 5. The summed E-state index contributed by atoms with van der Waals surface area (Å²) in [5, 5.41) is 13.4. The summed E-state index contributed by atoms with van der Waals surface area (Å²) in [6, 6.07) is 5.10. The molecule has 0 aromatic carbocycles. The lowest BCUT2D eigenvalue weighted by Crippen LogP contribution is -2.34. The maximum atomic E-state index is 12.9. The Kier molecular flexibility index (Phi) is 4.34. The molecule has 0 fully saturated rings. The number of hydrogen-bond donors (Lipinski definition) is 1. The molecule has 0 saturated heterocycles. The molecular weight excluding hydrogens is 296 g/mol. The number of rotatable bonds is 5. The van der Waals surface area contributed by atoms with E-state index >= 15 is 0 Å². The maximum Gasteiger partial charge on any atom is 0.262 e. The van der Waals surface area contributed by atoms with Gasteiger partial charge in [0, 0.05) is 25.1 Å². The smallest absolute Gasteiger partial charge is 0.262 e. The third-order valence-corrected chi connectivity index (χ3v) is 3.17. The summed E-state index contributed by atoms with van der Waals surface area (Å²) in [6.07, 6.45) is 9.33. The van der Waals surface area contributed by atoms with Gasteiger partial charge in [-0.1, -0.05) is 0 Å². The van der Waals surface area contributed by atoms with Crippen molar-refractivity contribution in [3.63, 3.8) is 0 Å². The van der Waals surface area contributed by atoms with Crippen LogP contribution in [0, 0.1) is 0 Å². The van der Waals surface area contributed by atoms with Gasteiger partial charge in [-0.15, -0.1) is 0 Å². The van der Waals surface area contributed by atoms with Gasteiger partial charge >= 0.3 is 0 Å². The van der Waals surface area contributed by atoms with Crippen molar-refractivity contribution in [1.82, 2.24) is 24.7 Å². The molecule has 0 spiro atoms. The van der Waals surface area contributed by atoms with Crippen LogP contribution >= 0.6 is 0 Å². The Morgan fingerprint density at radius 1 is 1.22 bits per heavy atom. The zero-order chi connectivity index (χ0) is 16.1. The Bertz CT molecular complexity index is 776. The predicted octanol–water partition coefficient (Wildman–Crippen LogP) is 0.696. The highest BCUT2D eigenvalue weighted by Crippen LogP contribution is 2.18. The molecule has 0 radical (unpaired) electrons. The molecule has 3 heterocycles. The Labute approximate surface area is 132 Å². The Balaban J connectivity index is 2.02. The zero-order valence-electron chi connectivity index (χ0n) is 12.1. The summed E-state index contributed by atoms with van der Waals surface area (Å²) < 4.78 is 1.52. The first-order valence-corrected chi connectivity index (χ1v) is 6.94. The normalized spacial score (nSPS) is 10.5. The summed E-state index contributed by atoms with van der Waals surface area (Å²) in [6.45, 7) is -0.0579. The zero-order valence-corrected chi connectivity index (χ0v) is 12.1. The van der Waals surface area contributed by atoms with E-state index in [1.807, 2.05) is 0 Å². The average Bonchev–Trinajstić information content (AvgIpc) is 3.14. The van der Waals surface area contributed by atoms with E-state index in [0.29, 0.717) is 17.1 Å². The summed E-state index contributed by atoms with van der Waals surface area (Å²) in [5.41, 5.74) is 0.871. The van der Waals surface area contributed by atoms with Crippen molar-refractivity contribution in [2.24, 2.45) is 0 Å². The number of anilines is 1. The lowest BCUT2D eigenvalue weighted by molar-refractivity contribution is 0.0980. The average molecular weight is 310 g/mol. The molecule has 0 unspecified atom stereocenters. The van der Waals surface area contributed by atoms with Crippen LogP contribution in [-0.2, 0) is 0 Å². The van der Waals surface area contributed by atoms with E-state index in [1.165, 1.54) is 28.3 Å². The second-order valence-corrected chi connectivity index (χ2v) is 4.60. The third-order valence-electron chi connectivity index (χ3n) is 3.17. The second kappa shape index (κ2) is 6.75. The van der Waals surface area contributed by atoms with Gasteiger partial charge in [0.15, 0.2) is 5.82 Å². The van der Waals surface area contributed by atoms with Gasteiger partial charge < -0.3 is 10.0 Å². The first kappa shape index (κ1) is 14.8. The largest absolute Gasteiger partial charge is 0.395 e. The van der Waals surface area contributed by atoms with Crippen LogP contribution in [0.15, 0.2) is 55.5 Å². The minimum absolute atomic E-state index is 0.125. The van der Waals surface area contributed by atoms with Crippen LogP contribution in [0.2, 0.25) is 0 Å². The molecule has 116 valence electrons. The molecule has 0 aliphatic heterocycles. The van der Waals surface area contributed by atoms with Gasteiger partial charge in [0.1, 0.15) is 6.33 Å². The number of pyridine rings is 1. The van der Waals surface area contributed by atoms with E-state index in [9.17, 15) is 9.90 Å². The molecule has 23 heavy (non-hydrogen) atoms. The number of nitrogens with zero attached hydrogens (tertiary/aromatic N) is 6. The van der Waals surface area contributed by atoms with Crippen molar-refractivity contribution in [2.45, 2.75) is 0 Å². The van der Waals surface area contributed by atoms with E-state index in [2.05, 4.69) is 20.1 Å². The van der Waals surface area contributed by atoms with Gasteiger partial charge in [-0.25, -0.2) is 19.6 Å². The van der Waals surface area contributed by atoms with E-state index in [4.69, 9.17) is 0 Å². The van der Waals surface area contributed by atoms with Gasteiger partial charge in [0.25, 0.3) is 5.91 Å². The summed E-state index contributed by atoms with van der Waals surface area (Å²) in [7, 11) is 0. The maximum absolute atomic E-state index is 12.9. The van der Waals surface area contributed by atoms with Crippen molar-refractivity contribution >= 4 is 11.6 Å². The summed E-state index contributed by atoms with van der Waals surface area (Å²) >= 11 is 0. The molecule has 1 N–H and O–H groups in total. The van der Waals surface area contributed by atoms with Crippen LogP contribution in [0.1, 0.15) is 10.4 Å². The highest BCUT2D eigenvalue weighted by Gasteiger charge is 2.22. The minimum atomic E-state index is -0.313. The Hall–Kier alpha value is -3.13. The first-order chi connectivity index (χ1) is 11.3. The quantitative estimate of drug-likeness (QED) is 0.745. The molecule has 0 atom stereocenters. The van der Waals surface area contributed by atoms with Gasteiger partial charge in [0.05, 0.1) is 30.3 Å². The minimum Gasteiger partial charge on any atom is -0.395 e. The molecule has 0 saturated carbocycles. The van der Waals surface area contributed by atoms with Crippen LogP contribution in [-0.4, -0.2) is 48.9 Å². The Morgan fingerprint density at radius 2 is 2.04 bits per heavy atom. The topological polar surface area (TPSA) is 97.0 Å². The molecule has 0 bridgehead atoms. The highest BCUT2D eigenvalue weighted by molar-refractivity contribution is 6.07. The fourth-order valence-electron chi connectivity index (χ4n) is 2.16. The lowest BCUT2D eigenvalue weighted by atomic mass is 10.2. The standard InChI is InChI=1S/C15H14N6O2/c22-8-7-20(12-9-16-11-17-10-12)15(23)13-3-1-4-18-14(13)21-6-2-5-19-21/h1-6,9-11,22H,7-8H2. The molecule has 3 aromatic rings. The number of hydrogen-bond acceptors (Lipinski definition) is 6. The molecule has 8 nitrogen and oxygen atoms in total. The SMILES string of the molecule is O=C(c1cccnc1-n1cccn1)N(CCO)c1cncnc1. The van der Waals surface area contributed by atoms with Gasteiger partial charge in [-0.05, 0) is 18.2 Å². The molecule has 3 aromatic heterocycles. The predicted molar refractivity (Wildman–Crippen MR) is 82.2 cm³/mol. The third kappa shape index (κ3) is 3.06. The van der Waals surface area contributed by atoms with E-state index in [0.717, 1.165) is 0 Å². The summed E-state index contributed by atoms with van der Waals surface area (Å²) in [5.74, 6) is 0.106. The molecule has 0 aliphatic carbocycles. The van der Waals surface area contributed by atoms with Gasteiger partial charge in [-0.3, -0.25) is 4.79 Å². The fraction of sp³-hybridized carbons (Fsp3) is 0.133. The number of aliphatic hydroxyl groups is 1. The van der Waals surface area contributed by atoms with Crippen molar-refractivity contribution < 1.29 is 9.90 Å². The Morgan fingerprint density at radius 3 is 2.74 bits per heavy atom. The highest BCUT2D eigenvalue weighted by atomic mass is 16.3. The first-order valence-electron chi connectivity index (χ1n) is 6.94. The van der Waals surface area contributed by atoms with E-state index in [1.54, 1.807) is 36.8 Å². The monoisotopic (exact) mass is 310 g/mol. The molecule has 1 amide bonds. The van der Waals surface area contributed by atoms with Crippen molar-refractivity contribution in [1.29, 1.82) is 0 Å². The van der Waals surface area contributed by atoms with Crippen molar-refractivity contribution in [2.75, 3.05) is 18.1 Å². The van der Waals surface area contributed by atoms with Crippen molar-refractivity contribution in [3.8, 4) is 5.82 Å². The number of carbonyl (C=O) groups is 1. The molecular formula is C15H14N6O2. The van der Waals surface area contributed by atoms with Gasteiger partial charge in [-0.2, -0.15) is 5.10 Å². The lowest BCUT2D eigenvalue weighted by Gasteiger charge is -2.22. The number of aliphatic hydroxyl groups excluding tert-OH is 1. The fourth-order valence-corrected chi connectivity index (χ4v) is 2.16. The molecule has 3 rings (SSSR count). The van der Waals surface area contributed by atoms with Crippen LogP contribution in [0.25, 0.3) is 5.82 Å². The molecule has 0 aliphatic rings. The van der Waals surface area contributed by atoms with E-state index in [-0.39, 0.29) is 19.1 Å². The molecule has 8 heteroatoms. The summed E-state index contributed by atoms with van der Waals surface area (Å²) in [4.78, 5) is 26.4.